The molecule has 0 radical (unpaired) electrons. The minimum Gasteiger partial charge on any atom is -0.396 e. The number of hydrogen-bond acceptors (Lipinski definition) is 3. The fraction of sp³-hybridized carbons (Fsp3) is 0.250. The van der Waals surface area contributed by atoms with Crippen LogP contribution in [0.5, 0.6) is 0 Å². The minimum atomic E-state index is -0.862. The van der Waals surface area contributed by atoms with E-state index in [2.05, 4.69) is 0 Å². The van der Waals surface area contributed by atoms with Crippen molar-refractivity contribution in [1.82, 2.24) is 0 Å². The van der Waals surface area contributed by atoms with Crippen LogP contribution in [0.25, 0.3) is 0 Å². The summed E-state index contributed by atoms with van der Waals surface area (Å²) in [7, 11) is 0. The number of halogens is 2. The number of anilines is 1. The van der Waals surface area contributed by atoms with Gasteiger partial charge in [-0.2, -0.15) is 0 Å². The normalized spacial score (nSPS) is 12.9. The molecule has 3 nitrogen and oxygen atoms in total. The number of rotatable bonds is 2. The summed E-state index contributed by atoms with van der Waals surface area (Å²) in [4.78, 5) is 0. The van der Waals surface area contributed by atoms with Gasteiger partial charge in [-0.15, -0.1) is 0 Å². The van der Waals surface area contributed by atoms with Gasteiger partial charge in [0, 0.05) is 6.07 Å². The molecule has 0 bridgehead atoms. The molecule has 0 aliphatic heterocycles. The van der Waals surface area contributed by atoms with Gasteiger partial charge in [0.2, 0.25) is 0 Å². The number of nitrogen functional groups attached to an aromatic ring is 1. The molecule has 5 heteroatoms. The first-order chi connectivity index (χ1) is 6.06. The van der Waals surface area contributed by atoms with Crippen LogP contribution in [-0.4, -0.2) is 11.7 Å². The highest BCUT2D eigenvalue weighted by Gasteiger charge is 2.13. The SMILES string of the molecule is Nc1c(F)cc(F)cc1C(N)CO. The molecule has 0 heterocycles. The molecule has 0 saturated carbocycles. The highest BCUT2D eigenvalue weighted by molar-refractivity contribution is 5.49. The Hall–Kier alpha value is -1.20. The molecule has 13 heavy (non-hydrogen) atoms. The van der Waals surface area contributed by atoms with E-state index >= 15 is 0 Å². The molecule has 0 saturated heterocycles. The van der Waals surface area contributed by atoms with Crippen LogP contribution in [-0.2, 0) is 0 Å². The molecule has 0 spiro atoms. The molecule has 72 valence electrons. The zero-order valence-corrected chi connectivity index (χ0v) is 6.80. The first-order valence-electron chi connectivity index (χ1n) is 3.67. The van der Waals surface area contributed by atoms with Gasteiger partial charge in [-0.3, -0.25) is 0 Å². The highest BCUT2D eigenvalue weighted by atomic mass is 19.1. The molecule has 5 N–H and O–H groups in total. The molecule has 0 amide bonds. The Labute approximate surface area is 74.0 Å². The predicted octanol–water partition coefficient (Wildman–Crippen LogP) is 0.539. The van der Waals surface area contributed by atoms with Crippen molar-refractivity contribution in [3.63, 3.8) is 0 Å². The van der Waals surface area contributed by atoms with E-state index in [1.54, 1.807) is 0 Å². The van der Waals surface area contributed by atoms with Crippen molar-refractivity contribution < 1.29 is 13.9 Å². The summed E-state index contributed by atoms with van der Waals surface area (Å²) < 4.78 is 25.5. The Morgan fingerprint density at radius 2 is 2.00 bits per heavy atom. The molecule has 1 atom stereocenters. The third-order valence-electron chi connectivity index (χ3n) is 1.72. The van der Waals surface area contributed by atoms with E-state index in [1.165, 1.54) is 0 Å². The molecule has 0 fully saturated rings. The van der Waals surface area contributed by atoms with Crippen molar-refractivity contribution in [2.24, 2.45) is 5.73 Å². The van der Waals surface area contributed by atoms with Gasteiger partial charge in [-0.25, -0.2) is 8.78 Å². The van der Waals surface area contributed by atoms with Gasteiger partial charge >= 0.3 is 0 Å². The summed E-state index contributed by atoms with van der Waals surface area (Å²) in [6.07, 6.45) is 0. The van der Waals surface area contributed by atoms with Gasteiger partial charge < -0.3 is 16.6 Å². The van der Waals surface area contributed by atoms with E-state index in [0.29, 0.717) is 6.07 Å². The lowest BCUT2D eigenvalue weighted by atomic mass is 10.1. The van der Waals surface area contributed by atoms with Crippen LogP contribution in [0.3, 0.4) is 0 Å². The summed E-state index contributed by atoms with van der Waals surface area (Å²) in [5.74, 6) is -1.62. The number of aliphatic hydroxyl groups is 1. The van der Waals surface area contributed by atoms with E-state index in [9.17, 15) is 8.78 Å². The topological polar surface area (TPSA) is 72.3 Å². The Morgan fingerprint density at radius 1 is 1.38 bits per heavy atom. The zero-order chi connectivity index (χ0) is 10.0. The average Bonchev–Trinajstić information content (AvgIpc) is 2.10. The van der Waals surface area contributed by atoms with E-state index in [0.717, 1.165) is 6.07 Å². The maximum Gasteiger partial charge on any atom is 0.149 e. The van der Waals surface area contributed by atoms with E-state index in [4.69, 9.17) is 16.6 Å². The molecule has 1 aromatic carbocycles. The lowest BCUT2D eigenvalue weighted by Gasteiger charge is -2.11. The first kappa shape index (κ1) is 9.88. The highest BCUT2D eigenvalue weighted by Crippen LogP contribution is 2.22. The van der Waals surface area contributed by atoms with Crippen molar-refractivity contribution in [2.75, 3.05) is 12.3 Å². The lowest BCUT2D eigenvalue weighted by Crippen LogP contribution is -2.17. The van der Waals surface area contributed by atoms with Crippen LogP contribution < -0.4 is 11.5 Å². The van der Waals surface area contributed by atoms with Crippen LogP contribution in [0.4, 0.5) is 14.5 Å². The predicted molar refractivity (Wildman–Crippen MR) is 44.8 cm³/mol. The van der Waals surface area contributed by atoms with E-state index in [-0.39, 0.29) is 11.3 Å². The second kappa shape index (κ2) is 3.68. The van der Waals surface area contributed by atoms with Crippen molar-refractivity contribution in [3.8, 4) is 0 Å². The summed E-state index contributed by atoms with van der Waals surface area (Å²) in [6, 6.07) is 0.826. The quantitative estimate of drug-likeness (QED) is 0.593. The third kappa shape index (κ3) is 1.93. The fourth-order valence-corrected chi connectivity index (χ4v) is 1.01. The zero-order valence-electron chi connectivity index (χ0n) is 6.80. The minimum absolute atomic E-state index is 0.0833. The Kier molecular flexibility index (Phi) is 2.79. The van der Waals surface area contributed by atoms with Crippen LogP contribution >= 0.6 is 0 Å². The van der Waals surface area contributed by atoms with Crippen molar-refractivity contribution in [1.29, 1.82) is 0 Å². The number of nitrogens with two attached hydrogens (primary N) is 2. The Balaban J connectivity index is 3.20. The van der Waals surface area contributed by atoms with Crippen LogP contribution in [0.15, 0.2) is 12.1 Å². The summed E-state index contributed by atoms with van der Waals surface area (Å²) in [5.41, 5.74) is 10.5. The van der Waals surface area contributed by atoms with Crippen LogP contribution in [0, 0.1) is 11.6 Å². The van der Waals surface area contributed by atoms with Gasteiger partial charge in [0.05, 0.1) is 18.3 Å². The second-order valence-corrected chi connectivity index (χ2v) is 2.68. The lowest BCUT2D eigenvalue weighted by molar-refractivity contribution is 0.268. The molecular formula is C8H10F2N2O. The summed E-state index contributed by atoms with van der Waals surface area (Å²) in [5, 5.41) is 8.67. The van der Waals surface area contributed by atoms with Crippen molar-refractivity contribution in [3.05, 3.63) is 29.3 Å². The Morgan fingerprint density at radius 3 is 2.54 bits per heavy atom. The first-order valence-corrected chi connectivity index (χ1v) is 3.67. The average molecular weight is 188 g/mol. The van der Waals surface area contributed by atoms with Crippen LogP contribution in [0.2, 0.25) is 0 Å². The van der Waals surface area contributed by atoms with Gasteiger partial charge in [0.15, 0.2) is 0 Å². The maximum absolute atomic E-state index is 12.8. The van der Waals surface area contributed by atoms with Crippen LogP contribution in [0.1, 0.15) is 11.6 Å². The third-order valence-corrected chi connectivity index (χ3v) is 1.72. The molecule has 1 unspecified atom stereocenters. The molecule has 1 aromatic rings. The maximum atomic E-state index is 12.8. The molecule has 0 aromatic heterocycles. The van der Waals surface area contributed by atoms with E-state index < -0.39 is 24.3 Å². The largest absolute Gasteiger partial charge is 0.396 e. The molecular weight excluding hydrogens is 178 g/mol. The molecule has 0 aliphatic carbocycles. The van der Waals surface area contributed by atoms with Gasteiger partial charge in [0.1, 0.15) is 11.6 Å². The molecule has 0 aliphatic rings. The molecule has 1 rings (SSSR count). The van der Waals surface area contributed by atoms with E-state index in [1.807, 2.05) is 0 Å². The monoisotopic (exact) mass is 188 g/mol. The van der Waals surface area contributed by atoms with Crippen molar-refractivity contribution >= 4 is 5.69 Å². The summed E-state index contributed by atoms with van der Waals surface area (Å²) in [6.45, 7) is -0.410. The number of hydrogen-bond donors (Lipinski definition) is 3. The number of aliphatic hydroxyl groups excluding tert-OH is 1. The standard InChI is InChI=1S/C8H10F2N2O/c9-4-1-5(7(11)3-13)8(12)6(10)2-4/h1-2,7,13H,3,11-12H2. The Bertz CT molecular complexity index is 317. The summed E-state index contributed by atoms with van der Waals surface area (Å²) >= 11 is 0. The van der Waals surface area contributed by atoms with Gasteiger partial charge in [-0.1, -0.05) is 0 Å². The van der Waals surface area contributed by atoms with Crippen molar-refractivity contribution in [2.45, 2.75) is 6.04 Å². The smallest absolute Gasteiger partial charge is 0.149 e. The van der Waals surface area contributed by atoms with Gasteiger partial charge in [-0.05, 0) is 11.6 Å². The fourth-order valence-electron chi connectivity index (χ4n) is 1.01. The second-order valence-electron chi connectivity index (χ2n) is 2.68. The van der Waals surface area contributed by atoms with Gasteiger partial charge in [0.25, 0.3) is 0 Å². The number of benzene rings is 1.